The molecule has 1 atom stereocenters. The Morgan fingerprint density at radius 3 is 2.25 bits per heavy atom. The highest BCUT2D eigenvalue weighted by atomic mass is 16.5. The zero-order valence-electron chi connectivity index (χ0n) is 15.3. The van der Waals surface area contributed by atoms with Crippen molar-refractivity contribution in [2.24, 2.45) is 0 Å². The van der Waals surface area contributed by atoms with Gasteiger partial charge in [-0.15, -0.1) is 0 Å². The van der Waals surface area contributed by atoms with E-state index < -0.39 is 0 Å². The van der Waals surface area contributed by atoms with Crippen molar-refractivity contribution in [1.29, 1.82) is 0 Å². The average Bonchev–Trinajstić information content (AvgIpc) is 2.53. The van der Waals surface area contributed by atoms with Crippen molar-refractivity contribution in [3.8, 4) is 0 Å². The Hall–Kier alpha value is -2.07. The molecule has 1 rings (SSSR count). The van der Waals surface area contributed by atoms with Crippen LogP contribution in [0, 0.1) is 0 Å². The van der Waals surface area contributed by atoms with Crippen LogP contribution in [-0.2, 0) is 16.1 Å². The number of carbonyl (C=O) groups is 1. The summed E-state index contributed by atoms with van der Waals surface area (Å²) >= 11 is 0. The number of hydrogen-bond acceptors (Lipinski definition) is 3. The molecule has 0 saturated heterocycles. The van der Waals surface area contributed by atoms with E-state index in [-0.39, 0.29) is 24.3 Å². The van der Waals surface area contributed by atoms with Gasteiger partial charge in [0, 0.05) is 12.1 Å². The van der Waals surface area contributed by atoms with Gasteiger partial charge in [-0.05, 0) is 46.3 Å². The molecule has 1 aromatic rings. The highest BCUT2D eigenvalue weighted by Crippen LogP contribution is 2.08. The van der Waals surface area contributed by atoms with Gasteiger partial charge in [0.1, 0.15) is 0 Å². The van der Waals surface area contributed by atoms with Gasteiger partial charge in [-0.1, -0.05) is 42.5 Å². The van der Waals surface area contributed by atoms with Gasteiger partial charge < -0.3 is 14.4 Å². The number of nitrogens with zero attached hydrogens (tertiary/aromatic N) is 1. The van der Waals surface area contributed by atoms with Crippen molar-refractivity contribution in [3.05, 3.63) is 60.4 Å². The maximum atomic E-state index is 12.0. The van der Waals surface area contributed by atoms with E-state index in [2.05, 4.69) is 0 Å². The van der Waals surface area contributed by atoms with E-state index >= 15 is 0 Å². The quantitative estimate of drug-likeness (QED) is 0.501. The summed E-state index contributed by atoms with van der Waals surface area (Å²) in [5.74, 6) is 0. The summed E-state index contributed by atoms with van der Waals surface area (Å²) in [5.41, 5.74) is 1.14. The molecule has 0 aliphatic carbocycles. The first-order valence-corrected chi connectivity index (χ1v) is 8.39. The zero-order chi connectivity index (χ0) is 17.9. The summed E-state index contributed by atoms with van der Waals surface area (Å²) in [6, 6.07) is 10.2. The lowest BCUT2D eigenvalue weighted by Crippen LogP contribution is -2.41. The number of carbonyl (C=O) groups excluding carboxylic acids is 1. The molecule has 1 amide bonds. The van der Waals surface area contributed by atoms with Gasteiger partial charge in [0.15, 0.2) is 0 Å². The van der Waals surface area contributed by atoms with Crippen LogP contribution in [0.5, 0.6) is 0 Å². The van der Waals surface area contributed by atoms with Crippen LogP contribution in [0.15, 0.2) is 54.8 Å². The topological polar surface area (TPSA) is 38.8 Å². The first-order chi connectivity index (χ1) is 11.4. The molecule has 0 aromatic heterocycles. The van der Waals surface area contributed by atoms with Gasteiger partial charge in [0.25, 0.3) is 0 Å². The van der Waals surface area contributed by atoms with Crippen molar-refractivity contribution in [3.63, 3.8) is 0 Å². The van der Waals surface area contributed by atoms with Crippen molar-refractivity contribution < 1.29 is 14.3 Å². The molecule has 0 radical (unpaired) electrons. The van der Waals surface area contributed by atoms with Crippen LogP contribution in [0.4, 0.5) is 4.79 Å². The zero-order valence-corrected chi connectivity index (χ0v) is 15.3. The molecule has 132 valence electrons. The second-order valence-corrected chi connectivity index (χ2v) is 6.19. The van der Waals surface area contributed by atoms with Gasteiger partial charge in [-0.2, -0.15) is 0 Å². The van der Waals surface area contributed by atoms with Crippen molar-refractivity contribution in [2.75, 3.05) is 0 Å². The predicted molar refractivity (Wildman–Crippen MR) is 97.6 cm³/mol. The molecule has 0 heterocycles. The minimum absolute atomic E-state index is 0.0200. The summed E-state index contributed by atoms with van der Waals surface area (Å²) in [5, 5.41) is 0. The summed E-state index contributed by atoms with van der Waals surface area (Å²) in [4.78, 5) is 13.7. The Morgan fingerprint density at radius 2 is 1.67 bits per heavy atom. The number of benzene rings is 1. The number of hydrogen-bond donors (Lipinski definition) is 0. The Bertz CT molecular complexity index is 527. The number of amides is 1. The van der Waals surface area contributed by atoms with Crippen molar-refractivity contribution in [1.82, 2.24) is 4.90 Å². The monoisotopic (exact) mass is 331 g/mol. The normalized spacial score (nSPS) is 13.1. The van der Waals surface area contributed by atoms with Crippen LogP contribution in [0.1, 0.15) is 40.2 Å². The standard InChI is InChI=1S/C20H29NO3/c1-16(2)21(17(3)4)20(22)23-14-10-9-11-18(5)24-15-19-12-7-6-8-13-19/h6-14,16-18H,15H2,1-5H3/b11-9-,14-10+. The summed E-state index contributed by atoms with van der Waals surface area (Å²) in [6.45, 7) is 10.4. The number of rotatable bonds is 8. The molecule has 1 aromatic carbocycles. The SMILES string of the molecule is CC(/C=C\C=C\OC(=O)N(C(C)C)C(C)C)OCc1ccccc1. The molecule has 0 bridgehead atoms. The fourth-order valence-electron chi connectivity index (χ4n) is 2.30. The molecule has 0 spiro atoms. The van der Waals surface area contributed by atoms with E-state index in [1.165, 1.54) is 6.26 Å². The number of allylic oxidation sites excluding steroid dienone is 2. The molecular weight excluding hydrogens is 302 g/mol. The second-order valence-electron chi connectivity index (χ2n) is 6.19. The summed E-state index contributed by atoms with van der Waals surface area (Å²) < 4.78 is 10.9. The van der Waals surface area contributed by atoms with Crippen LogP contribution in [0.25, 0.3) is 0 Å². The maximum Gasteiger partial charge on any atom is 0.415 e. The first kappa shape index (κ1) is 20.0. The Kier molecular flexibility index (Phi) is 8.87. The van der Waals surface area contributed by atoms with Crippen LogP contribution in [-0.4, -0.2) is 29.2 Å². The third kappa shape index (κ3) is 7.47. The second kappa shape index (κ2) is 10.7. The highest BCUT2D eigenvalue weighted by molar-refractivity contribution is 5.69. The predicted octanol–water partition coefficient (Wildman–Crippen LogP) is 4.92. The Morgan fingerprint density at radius 1 is 1.04 bits per heavy atom. The third-order valence-electron chi connectivity index (χ3n) is 3.42. The third-order valence-corrected chi connectivity index (χ3v) is 3.42. The first-order valence-electron chi connectivity index (χ1n) is 8.39. The molecule has 0 aliphatic heterocycles. The highest BCUT2D eigenvalue weighted by Gasteiger charge is 2.20. The van der Waals surface area contributed by atoms with E-state index in [4.69, 9.17) is 9.47 Å². The Labute approximate surface area is 145 Å². The lowest BCUT2D eigenvalue weighted by molar-refractivity contribution is 0.0841. The molecule has 0 aliphatic rings. The van der Waals surface area contributed by atoms with E-state index in [1.54, 1.807) is 11.0 Å². The molecule has 1 unspecified atom stereocenters. The molecule has 4 nitrogen and oxygen atoms in total. The maximum absolute atomic E-state index is 12.0. The number of ether oxygens (including phenoxy) is 2. The lowest BCUT2D eigenvalue weighted by Gasteiger charge is -2.28. The van der Waals surface area contributed by atoms with Gasteiger partial charge in [-0.3, -0.25) is 0 Å². The molecular formula is C20H29NO3. The molecule has 4 heteroatoms. The summed E-state index contributed by atoms with van der Waals surface area (Å²) in [7, 11) is 0. The van der Waals surface area contributed by atoms with Crippen LogP contribution < -0.4 is 0 Å². The molecule has 24 heavy (non-hydrogen) atoms. The van der Waals surface area contributed by atoms with Gasteiger partial charge in [0.2, 0.25) is 0 Å². The van der Waals surface area contributed by atoms with Crippen LogP contribution in [0.2, 0.25) is 0 Å². The average molecular weight is 331 g/mol. The lowest BCUT2D eigenvalue weighted by atomic mass is 10.2. The van der Waals surface area contributed by atoms with Crippen molar-refractivity contribution >= 4 is 6.09 Å². The fourth-order valence-corrected chi connectivity index (χ4v) is 2.30. The largest absolute Gasteiger partial charge is 0.418 e. The minimum atomic E-state index is -0.335. The van der Waals surface area contributed by atoms with Gasteiger partial charge in [-0.25, -0.2) is 4.79 Å². The van der Waals surface area contributed by atoms with Gasteiger partial charge in [0.05, 0.1) is 19.0 Å². The molecule has 0 saturated carbocycles. The molecule has 0 fully saturated rings. The van der Waals surface area contributed by atoms with E-state index in [9.17, 15) is 4.79 Å². The molecule has 0 N–H and O–H groups in total. The van der Waals surface area contributed by atoms with E-state index in [0.29, 0.717) is 6.61 Å². The van der Waals surface area contributed by atoms with Crippen molar-refractivity contribution in [2.45, 2.75) is 59.4 Å². The van der Waals surface area contributed by atoms with E-state index in [0.717, 1.165) is 5.56 Å². The summed E-state index contributed by atoms with van der Waals surface area (Å²) in [6.07, 6.45) is 6.47. The smallest absolute Gasteiger partial charge is 0.415 e. The van der Waals surface area contributed by atoms with Crippen LogP contribution >= 0.6 is 0 Å². The minimum Gasteiger partial charge on any atom is -0.418 e. The Balaban J connectivity index is 2.35. The van der Waals surface area contributed by atoms with Gasteiger partial charge >= 0.3 is 6.09 Å². The van der Waals surface area contributed by atoms with Crippen LogP contribution in [0.3, 0.4) is 0 Å². The fraction of sp³-hybridized carbons (Fsp3) is 0.450. The van der Waals surface area contributed by atoms with E-state index in [1.807, 2.05) is 77.1 Å².